The zero-order chi connectivity index (χ0) is 8.69. The fourth-order valence-corrected chi connectivity index (χ4v) is 0.720. The Bertz CT molecular complexity index is 184. The van der Waals surface area contributed by atoms with E-state index in [1.807, 2.05) is 0 Å². The molecule has 0 saturated carbocycles. The lowest BCUT2D eigenvalue weighted by atomic mass is 10.1. The maximum absolute atomic E-state index is 3.19. The summed E-state index contributed by atoms with van der Waals surface area (Å²) in [5.41, 5.74) is 5.90. The Hall–Kier alpha value is -0.740. The van der Waals surface area contributed by atoms with Crippen LogP contribution in [0.5, 0.6) is 0 Å². The topological polar surface area (TPSA) is 0 Å². The Balaban J connectivity index is 3.67. The molecule has 0 fully saturated rings. The first kappa shape index (κ1) is 10.3. The normalized spacial score (nSPS) is 10.7. The molecular formula is C11H18. The van der Waals surface area contributed by atoms with Crippen molar-refractivity contribution < 1.29 is 0 Å². The van der Waals surface area contributed by atoms with Gasteiger partial charge in [0, 0.05) is 0 Å². The van der Waals surface area contributed by atoms with E-state index in [2.05, 4.69) is 45.6 Å². The molecular weight excluding hydrogens is 132 g/mol. The smallest absolute Gasteiger partial charge is 0.0237 e. The minimum atomic E-state index is 1.11. The summed E-state index contributed by atoms with van der Waals surface area (Å²) in [7, 11) is 0. The zero-order valence-corrected chi connectivity index (χ0v) is 8.07. The largest absolute Gasteiger partial charge is 0.127 e. The zero-order valence-electron chi connectivity index (χ0n) is 8.07. The Morgan fingerprint density at radius 3 is 2.36 bits per heavy atom. The summed E-state index contributed by atoms with van der Waals surface area (Å²) < 4.78 is 0. The highest BCUT2D eigenvalue weighted by Crippen LogP contribution is 2.03. The quantitative estimate of drug-likeness (QED) is 0.423. The molecule has 0 heterocycles. The highest BCUT2D eigenvalue weighted by Gasteiger charge is 1.83. The monoisotopic (exact) mass is 150 g/mol. The van der Waals surface area contributed by atoms with Crippen LogP contribution in [-0.2, 0) is 0 Å². The van der Waals surface area contributed by atoms with Gasteiger partial charge in [-0.1, -0.05) is 11.6 Å². The van der Waals surface area contributed by atoms with Crippen LogP contribution in [0, 0.1) is 0 Å². The lowest BCUT2D eigenvalue weighted by Crippen LogP contribution is -1.72. The molecule has 0 spiro atoms. The molecule has 0 amide bonds. The molecule has 0 atom stereocenters. The molecule has 0 rings (SSSR count). The molecule has 11 heavy (non-hydrogen) atoms. The van der Waals surface area contributed by atoms with Crippen LogP contribution in [0.4, 0.5) is 0 Å². The Labute approximate surface area is 70.3 Å². The summed E-state index contributed by atoms with van der Waals surface area (Å²) >= 11 is 0. The molecule has 0 saturated heterocycles. The number of hydrogen-bond donors (Lipinski definition) is 0. The van der Waals surface area contributed by atoms with Crippen molar-refractivity contribution in [3.05, 3.63) is 29.0 Å². The second-order valence-corrected chi connectivity index (χ2v) is 3.02. The lowest BCUT2D eigenvalue weighted by molar-refractivity contribution is 0.974. The van der Waals surface area contributed by atoms with Gasteiger partial charge in [0.25, 0.3) is 0 Å². The molecule has 62 valence electrons. The van der Waals surface area contributed by atoms with Crippen LogP contribution in [0.2, 0.25) is 0 Å². The molecule has 0 bridgehead atoms. The summed E-state index contributed by atoms with van der Waals surface area (Å²) in [6.07, 6.45) is 6.55. The fourth-order valence-electron chi connectivity index (χ4n) is 0.720. The van der Waals surface area contributed by atoms with Crippen LogP contribution in [0.25, 0.3) is 0 Å². The fraction of sp³-hybridized carbons (Fsp3) is 0.545. The van der Waals surface area contributed by atoms with Crippen molar-refractivity contribution in [1.29, 1.82) is 0 Å². The number of hydrogen-bond acceptors (Lipinski definition) is 0. The highest BCUT2D eigenvalue weighted by atomic mass is 13.9. The lowest BCUT2D eigenvalue weighted by Gasteiger charge is -1.92. The van der Waals surface area contributed by atoms with Gasteiger partial charge in [-0.15, -0.1) is 5.73 Å². The van der Waals surface area contributed by atoms with E-state index in [1.54, 1.807) is 0 Å². The molecule has 0 nitrogen and oxygen atoms in total. The van der Waals surface area contributed by atoms with Gasteiger partial charge in [0.05, 0.1) is 0 Å². The van der Waals surface area contributed by atoms with Crippen LogP contribution < -0.4 is 0 Å². The SMILES string of the molecule is CC=C(C)CCC=C=C(C)C. The summed E-state index contributed by atoms with van der Waals surface area (Å²) in [4.78, 5) is 0. The molecule has 0 aromatic carbocycles. The average molecular weight is 150 g/mol. The summed E-state index contributed by atoms with van der Waals surface area (Å²) in [5, 5.41) is 0. The van der Waals surface area contributed by atoms with Crippen molar-refractivity contribution in [1.82, 2.24) is 0 Å². The van der Waals surface area contributed by atoms with Gasteiger partial charge in [-0.2, -0.15) is 0 Å². The Morgan fingerprint density at radius 2 is 1.91 bits per heavy atom. The molecule has 0 aromatic rings. The maximum atomic E-state index is 3.19. The van der Waals surface area contributed by atoms with Crippen molar-refractivity contribution in [3.8, 4) is 0 Å². The van der Waals surface area contributed by atoms with Gasteiger partial charge in [0.2, 0.25) is 0 Å². The van der Waals surface area contributed by atoms with Gasteiger partial charge < -0.3 is 0 Å². The maximum Gasteiger partial charge on any atom is -0.0237 e. The minimum Gasteiger partial charge on any atom is -0.127 e. The highest BCUT2D eigenvalue weighted by molar-refractivity contribution is 4.99. The molecule has 0 aliphatic rings. The summed E-state index contributed by atoms with van der Waals surface area (Å²) in [6, 6.07) is 0. The third-order valence-electron chi connectivity index (χ3n) is 1.57. The minimum absolute atomic E-state index is 1.11. The van der Waals surface area contributed by atoms with Gasteiger partial charge in [0.15, 0.2) is 0 Å². The van der Waals surface area contributed by atoms with E-state index in [4.69, 9.17) is 0 Å². The first-order valence-electron chi connectivity index (χ1n) is 4.17. The average Bonchev–Trinajstić information content (AvgIpc) is 1.97. The van der Waals surface area contributed by atoms with E-state index in [1.165, 1.54) is 11.1 Å². The first-order valence-corrected chi connectivity index (χ1v) is 4.17. The van der Waals surface area contributed by atoms with Crippen LogP contribution in [0.3, 0.4) is 0 Å². The predicted octanol–water partition coefficient (Wildman–Crippen LogP) is 3.85. The molecule has 0 N–H and O–H groups in total. The van der Waals surface area contributed by atoms with E-state index in [-0.39, 0.29) is 0 Å². The Morgan fingerprint density at radius 1 is 1.27 bits per heavy atom. The first-order chi connectivity index (χ1) is 5.16. The predicted molar refractivity (Wildman–Crippen MR) is 51.6 cm³/mol. The molecule has 0 heteroatoms. The molecule has 0 aliphatic heterocycles. The van der Waals surface area contributed by atoms with E-state index in [9.17, 15) is 0 Å². The molecule has 0 aromatic heterocycles. The van der Waals surface area contributed by atoms with Crippen molar-refractivity contribution in [3.63, 3.8) is 0 Å². The van der Waals surface area contributed by atoms with Crippen molar-refractivity contribution in [2.45, 2.75) is 40.5 Å². The third-order valence-corrected chi connectivity index (χ3v) is 1.57. The van der Waals surface area contributed by atoms with E-state index in [0.717, 1.165) is 12.8 Å². The van der Waals surface area contributed by atoms with E-state index >= 15 is 0 Å². The molecule has 0 unspecified atom stereocenters. The van der Waals surface area contributed by atoms with E-state index in [0.29, 0.717) is 0 Å². The van der Waals surface area contributed by atoms with Gasteiger partial charge >= 0.3 is 0 Å². The van der Waals surface area contributed by atoms with Crippen LogP contribution in [-0.4, -0.2) is 0 Å². The van der Waals surface area contributed by atoms with Crippen LogP contribution in [0.1, 0.15) is 40.5 Å². The number of allylic oxidation sites excluding steroid dienone is 3. The van der Waals surface area contributed by atoms with Gasteiger partial charge in [0.1, 0.15) is 0 Å². The van der Waals surface area contributed by atoms with Gasteiger partial charge in [-0.3, -0.25) is 0 Å². The van der Waals surface area contributed by atoms with E-state index < -0.39 is 0 Å². The van der Waals surface area contributed by atoms with Crippen LogP contribution >= 0.6 is 0 Å². The van der Waals surface area contributed by atoms with Crippen molar-refractivity contribution >= 4 is 0 Å². The summed E-state index contributed by atoms with van der Waals surface area (Å²) in [6.45, 7) is 8.38. The number of rotatable bonds is 3. The third kappa shape index (κ3) is 7.15. The van der Waals surface area contributed by atoms with Crippen LogP contribution in [0.15, 0.2) is 29.0 Å². The van der Waals surface area contributed by atoms with Crippen molar-refractivity contribution in [2.75, 3.05) is 0 Å². The summed E-state index contributed by atoms with van der Waals surface area (Å²) in [5.74, 6) is 0. The Kier molecular flexibility index (Phi) is 5.60. The molecule has 0 aliphatic carbocycles. The van der Waals surface area contributed by atoms with Gasteiger partial charge in [-0.25, -0.2) is 0 Å². The molecule has 0 radical (unpaired) electrons. The standard InChI is InChI=1S/C11H18/c1-5-11(4)9-7-6-8-10(2)3/h5-6H,7,9H2,1-4H3. The second kappa shape index (κ2) is 6.00. The van der Waals surface area contributed by atoms with Gasteiger partial charge in [-0.05, 0) is 52.2 Å². The van der Waals surface area contributed by atoms with Crippen molar-refractivity contribution in [2.24, 2.45) is 0 Å². The second-order valence-electron chi connectivity index (χ2n) is 3.02.